The summed E-state index contributed by atoms with van der Waals surface area (Å²) in [6.45, 7) is 1.10. The van der Waals surface area contributed by atoms with Crippen LogP contribution < -0.4 is 0 Å². The van der Waals surface area contributed by atoms with Crippen LogP contribution in [0.15, 0.2) is 66.0 Å². The minimum Gasteiger partial charge on any atom is -0.612 e. The average molecular weight is 508 g/mol. The third kappa shape index (κ3) is 4.38. The van der Waals surface area contributed by atoms with E-state index in [0.717, 1.165) is 0 Å². The standard InChI is InChI=1S/C25H22FN5O4S/c1-36(35)22-15-31(24-27-13-17(14-28-24)18-4-2-3-5-20(18)26)21-12-16(6-7-19(21)22)23(32)29-8-10-30(11-9-29)25(33)34/h2-7,12-15H,8-11H2,1H3,(H,33,34). The number of rotatable bonds is 4. The van der Waals surface area contributed by atoms with Crippen LogP contribution in [0.1, 0.15) is 10.4 Å². The molecule has 1 fully saturated rings. The van der Waals surface area contributed by atoms with Crippen molar-refractivity contribution in [2.24, 2.45) is 0 Å². The summed E-state index contributed by atoms with van der Waals surface area (Å²) in [5.74, 6) is -0.308. The number of carbonyl (C=O) groups excluding carboxylic acids is 1. The summed E-state index contributed by atoms with van der Waals surface area (Å²) in [5.41, 5.74) is 1.92. The van der Waals surface area contributed by atoms with Crippen molar-refractivity contribution in [2.75, 3.05) is 32.4 Å². The molecule has 1 saturated heterocycles. The van der Waals surface area contributed by atoms with Gasteiger partial charge in [-0.15, -0.1) is 0 Å². The van der Waals surface area contributed by atoms with Crippen LogP contribution in [-0.2, 0) is 11.2 Å². The molecular formula is C25H22FN5O4S. The lowest BCUT2D eigenvalue weighted by molar-refractivity contribution is 0.0625. The van der Waals surface area contributed by atoms with E-state index in [-0.39, 0.29) is 30.8 Å². The van der Waals surface area contributed by atoms with Gasteiger partial charge in [0.15, 0.2) is 4.90 Å². The number of nitrogens with zero attached hydrogens (tertiary/aromatic N) is 5. The van der Waals surface area contributed by atoms with Crippen LogP contribution in [0.4, 0.5) is 9.18 Å². The van der Waals surface area contributed by atoms with Gasteiger partial charge in [-0.2, -0.15) is 0 Å². The molecule has 0 radical (unpaired) electrons. The molecule has 0 saturated carbocycles. The number of halogens is 1. The predicted molar refractivity (Wildman–Crippen MR) is 132 cm³/mol. The highest BCUT2D eigenvalue weighted by Gasteiger charge is 2.26. The smallest absolute Gasteiger partial charge is 0.407 e. The van der Waals surface area contributed by atoms with Gasteiger partial charge in [-0.05, 0) is 35.4 Å². The summed E-state index contributed by atoms with van der Waals surface area (Å²) >= 11 is -1.31. The Labute approximate surface area is 209 Å². The summed E-state index contributed by atoms with van der Waals surface area (Å²) in [7, 11) is 0. The topological polar surface area (TPSA) is 115 Å². The molecule has 3 heterocycles. The van der Waals surface area contributed by atoms with Crippen LogP contribution in [0.25, 0.3) is 28.0 Å². The molecule has 9 nitrogen and oxygen atoms in total. The van der Waals surface area contributed by atoms with Crippen LogP contribution in [0.3, 0.4) is 0 Å². The van der Waals surface area contributed by atoms with Crippen molar-refractivity contribution in [3.05, 3.63) is 72.4 Å². The van der Waals surface area contributed by atoms with Crippen molar-refractivity contribution in [1.29, 1.82) is 0 Å². The second kappa shape index (κ2) is 9.59. The minimum absolute atomic E-state index is 0.218. The molecule has 184 valence electrons. The predicted octanol–water partition coefficient (Wildman–Crippen LogP) is 3.40. The Kier molecular flexibility index (Phi) is 6.33. The average Bonchev–Trinajstić information content (AvgIpc) is 3.28. The second-order valence-electron chi connectivity index (χ2n) is 8.36. The van der Waals surface area contributed by atoms with Gasteiger partial charge in [0, 0.05) is 55.3 Å². The third-order valence-corrected chi connectivity index (χ3v) is 7.15. The van der Waals surface area contributed by atoms with Crippen molar-refractivity contribution in [3.63, 3.8) is 0 Å². The number of amides is 2. The highest BCUT2D eigenvalue weighted by Crippen LogP contribution is 2.29. The molecule has 0 spiro atoms. The molecule has 5 rings (SSSR count). The SMILES string of the molecule is C[S+]([O-])c1cn(-c2ncc(-c3ccccc3F)cn2)c2cc(C(=O)N3CCN(C(=O)O)CC3)ccc12. The van der Waals surface area contributed by atoms with Gasteiger partial charge in [-0.3, -0.25) is 9.36 Å². The summed E-state index contributed by atoms with van der Waals surface area (Å²) in [6, 6.07) is 11.5. The van der Waals surface area contributed by atoms with E-state index in [1.165, 1.54) is 23.4 Å². The number of benzene rings is 2. The van der Waals surface area contributed by atoms with Crippen LogP contribution in [0.2, 0.25) is 0 Å². The third-order valence-electron chi connectivity index (χ3n) is 6.20. The van der Waals surface area contributed by atoms with Crippen molar-refractivity contribution in [2.45, 2.75) is 4.90 Å². The molecule has 2 amide bonds. The Morgan fingerprint density at radius 2 is 1.69 bits per heavy atom. The fraction of sp³-hybridized carbons (Fsp3) is 0.200. The van der Waals surface area contributed by atoms with Crippen LogP contribution >= 0.6 is 0 Å². The number of carbonyl (C=O) groups is 2. The summed E-state index contributed by atoms with van der Waals surface area (Å²) in [5, 5.41) is 9.84. The first-order valence-corrected chi connectivity index (χ1v) is 12.7. The van der Waals surface area contributed by atoms with Gasteiger partial charge in [0.25, 0.3) is 5.91 Å². The second-order valence-corrected chi connectivity index (χ2v) is 9.71. The van der Waals surface area contributed by atoms with E-state index in [0.29, 0.717) is 45.6 Å². The maximum atomic E-state index is 14.2. The first kappa shape index (κ1) is 23.8. The normalized spacial score (nSPS) is 14.8. The van der Waals surface area contributed by atoms with Crippen LogP contribution in [0.5, 0.6) is 0 Å². The van der Waals surface area contributed by atoms with Gasteiger partial charge in [-0.25, -0.2) is 19.2 Å². The molecule has 4 aromatic rings. The van der Waals surface area contributed by atoms with E-state index < -0.39 is 17.3 Å². The van der Waals surface area contributed by atoms with Crippen LogP contribution in [-0.4, -0.2) is 78.4 Å². The van der Waals surface area contributed by atoms with E-state index in [1.54, 1.807) is 58.3 Å². The van der Waals surface area contributed by atoms with Gasteiger partial charge >= 0.3 is 6.09 Å². The van der Waals surface area contributed by atoms with Crippen molar-refractivity contribution in [1.82, 2.24) is 24.3 Å². The summed E-state index contributed by atoms with van der Waals surface area (Å²) in [4.78, 5) is 36.6. The van der Waals surface area contributed by atoms with E-state index >= 15 is 0 Å². The maximum Gasteiger partial charge on any atom is 0.407 e. The van der Waals surface area contributed by atoms with Gasteiger partial charge in [0.05, 0.1) is 17.1 Å². The summed E-state index contributed by atoms with van der Waals surface area (Å²) in [6.07, 6.45) is 5.29. The minimum atomic E-state index is -1.31. The Balaban J connectivity index is 1.50. The number of piperazine rings is 1. The summed E-state index contributed by atoms with van der Waals surface area (Å²) < 4.78 is 28.3. The van der Waals surface area contributed by atoms with Gasteiger partial charge < -0.3 is 19.5 Å². The molecule has 1 aliphatic rings. The lowest BCUT2D eigenvalue weighted by Gasteiger charge is -2.33. The van der Waals surface area contributed by atoms with E-state index in [1.807, 2.05) is 0 Å². The molecule has 2 aromatic carbocycles. The molecule has 1 atom stereocenters. The largest absolute Gasteiger partial charge is 0.612 e. The van der Waals surface area contributed by atoms with Gasteiger partial charge in [0.2, 0.25) is 5.95 Å². The number of fused-ring (bicyclic) bond motifs is 1. The molecule has 1 aliphatic heterocycles. The molecule has 1 unspecified atom stereocenters. The fourth-order valence-corrected chi connectivity index (χ4v) is 5.02. The number of hydrogen-bond acceptors (Lipinski definition) is 5. The zero-order valence-electron chi connectivity index (χ0n) is 19.3. The van der Waals surface area contributed by atoms with E-state index in [2.05, 4.69) is 9.97 Å². The zero-order chi connectivity index (χ0) is 25.4. The molecular weight excluding hydrogens is 485 g/mol. The number of aromatic nitrogens is 3. The van der Waals surface area contributed by atoms with E-state index in [9.17, 15) is 18.5 Å². The Bertz CT molecular complexity index is 1450. The highest BCUT2D eigenvalue weighted by atomic mass is 32.2. The quantitative estimate of drug-likeness (QED) is 0.424. The Morgan fingerprint density at radius 1 is 1.03 bits per heavy atom. The van der Waals surface area contributed by atoms with Gasteiger partial charge in [0.1, 0.15) is 12.1 Å². The zero-order valence-corrected chi connectivity index (χ0v) is 20.1. The molecule has 36 heavy (non-hydrogen) atoms. The molecule has 0 bridgehead atoms. The Hall–Kier alpha value is -3.96. The van der Waals surface area contributed by atoms with Gasteiger partial charge in [-0.1, -0.05) is 18.2 Å². The molecule has 0 aliphatic carbocycles. The van der Waals surface area contributed by atoms with Crippen molar-refractivity contribution < 1.29 is 23.6 Å². The van der Waals surface area contributed by atoms with Crippen LogP contribution in [0, 0.1) is 5.82 Å². The Morgan fingerprint density at radius 3 is 2.33 bits per heavy atom. The first-order valence-electron chi connectivity index (χ1n) is 11.2. The number of carboxylic acid groups (broad SMARTS) is 1. The first-order chi connectivity index (χ1) is 17.3. The van der Waals surface area contributed by atoms with Crippen molar-refractivity contribution in [3.8, 4) is 17.1 Å². The lowest BCUT2D eigenvalue weighted by atomic mass is 10.1. The fourth-order valence-electron chi connectivity index (χ4n) is 4.29. The molecule has 1 N–H and O–H groups in total. The van der Waals surface area contributed by atoms with Crippen molar-refractivity contribution >= 4 is 34.1 Å². The highest BCUT2D eigenvalue weighted by molar-refractivity contribution is 7.91. The van der Waals surface area contributed by atoms with E-state index in [4.69, 9.17) is 5.11 Å². The monoisotopic (exact) mass is 507 g/mol. The lowest BCUT2D eigenvalue weighted by Crippen LogP contribution is -2.50. The number of hydrogen-bond donors (Lipinski definition) is 1. The molecule has 11 heteroatoms. The molecule has 2 aromatic heterocycles. The maximum absolute atomic E-state index is 14.2.